The number of nitrogens with zero attached hydrogens (tertiary/aromatic N) is 2. The quantitative estimate of drug-likeness (QED) is 0.565. The maximum absolute atomic E-state index is 12.4. The van der Waals surface area contributed by atoms with Gasteiger partial charge >= 0.3 is 5.69 Å². The number of sulfonamides is 1. The molecule has 2 N–H and O–H groups in total. The van der Waals surface area contributed by atoms with Crippen molar-refractivity contribution in [1.29, 1.82) is 0 Å². The van der Waals surface area contributed by atoms with Gasteiger partial charge in [0.05, 0.1) is 36.5 Å². The summed E-state index contributed by atoms with van der Waals surface area (Å²) in [6, 6.07) is 7.74. The summed E-state index contributed by atoms with van der Waals surface area (Å²) in [5, 5.41) is 0. The fourth-order valence-corrected chi connectivity index (χ4v) is 3.70. The van der Waals surface area contributed by atoms with Gasteiger partial charge in [0.25, 0.3) is 5.56 Å². The van der Waals surface area contributed by atoms with E-state index in [1.807, 2.05) is 20.8 Å². The van der Waals surface area contributed by atoms with Crippen molar-refractivity contribution in [3.8, 4) is 23.3 Å². The molecule has 2 heterocycles. The molecule has 172 valence electrons. The first-order valence-electron chi connectivity index (χ1n) is 9.88. The number of methoxy groups -OCH3 is 1. The number of ether oxygens (including phenoxy) is 1. The zero-order chi connectivity index (χ0) is 24.4. The summed E-state index contributed by atoms with van der Waals surface area (Å²) in [7, 11) is -1.88. The van der Waals surface area contributed by atoms with E-state index in [1.165, 1.54) is 25.6 Å². The number of aromatic amines is 1. The highest BCUT2D eigenvalue weighted by Gasteiger charge is 2.23. The topological polar surface area (TPSA) is 123 Å². The van der Waals surface area contributed by atoms with Gasteiger partial charge in [-0.25, -0.2) is 22.8 Å². The third-order valence-corrected chi connectivity index (χ3v) is 5.20. The number of H-pyrrole nitrogens is 1. The first-order valence-corrected chi connectivity index (χ1v) is 11.8. The third kappa shape index (κ3) is 5.70. The molecule has 0 aliphatic rings. The molecule has 0 radical (unpaired) electrons. The standard InChI is InChI=1S/C23H24N4O5S/c1-23(2,3)19-13-18(27-20(28)10-11-24-22(27)29)12-15(21(19)32-4)6-7-16-8-9-17(14-25-16)26-33(5,30)31/h8-14,26H,1-5H3,(H,24,29). The molecule has 0 aliphatic carbocycles. The second-order valence-corrected chi connectivity index (χ2v) is 10.1. The Bertz CT molecular complexity index is 1440. The second kappa shape index (κ2) is 8.96. The monoisotopic (exact) mass is 468 g/mol. The average molecular weight is 469 g/mol. The Labute approximate surface area is 191 Å². The molecular weight excluding hydrogens is 444 g/mol. The lowest BCUT2D eigenvalue weighted by Crippen LogP contribution is -2.32. The molecule has 3 rings (SSSR count). The number of anilines is 1. The third-order valence-electron chi connectivity index (χ3n) is 4.59. The fraction of sp³-hybridized carbons (Fsp3) is 0.261. The Hall–Kier alpha value is -3.84. The molecule has 0 saturated carbocycles. The van der Waals surface area contributed by atoms with Crippen LogP contribution in [0.1, 0.15) is 37.6 Å². The molecule has 0 saturated heterocycles. The molecule has 9 nitrogen and oxygen atoms in total. The van der Waals surface area contributed by atoms with Crippen molar-refractivity contribution < 1.29 is 13.2 Å². The minimum atomic E-state index is -3.41. The molecule has 0 amide bonds. The van der Waals surface area contributed by atoms with Crippen molar-refractivity contribution in [3.63, 3.8) is 0 Å². The number of hydrogen-bond donors (Lipinski definition) is 2. The van der Waals surface area contributed by atoms with Gasteiger partial charge in [0.1, 0.15) is 11.4 Å². The van der Waals surface area contributed by atoms with Gasteiger partial charge in [-0.3, -0.25) is 9.52 Å². The number of rotatable bonds is 4. The summed E-state index contributed by atoms with van der Waals surface area (Å²) < 4.78 is 31.7. The van der Waals surface area contributed by atoms with Crippen molar-refractivity contribution in [2.45, 2.75) is 26.2 Å². The minimum absolute atomic E-state index is 0.320. The van der Waals surface area contributed by atoms with Gasteiger partial charge in [0.15, 0.2) is 0 Å². The van der Waals surface area contributed by atoms with E-state index in [9.17, 15) is 18.0 Å². The second-order valence-electron chi connectivity index (χ2n) is 8.34. The summed E-state index contributed by atoms with van der Waals surface area (Å²) in [6.07, 6.45) is 3.71. The number of benzene rings is 1. The van der Waals surface area contributed by atoms with Crippen LogP contribution in [0.15, 0.2) is 52.3 Å². The largest absolute Gasteiger partial charge is 0.495 e. The maximum atomic E-state index is 12.4. The molecule has 0 bridgehead atoms. The first kappa shape index (κ1) is 23.8. The summed E-state index contributed by atoms with van der Waals surface area (Å²) in [5.41, 5.74) is 0.893. The van der Waals surface area contributed by atoms with Crippen LogP contribution in [0.4, 0.5) is 5.69 Å². The van der Waals surface area contributed by atoms with Crippen LogP contribution in [0.5, 0.6) is 5.75 Å². The summed E-state index contributed by atoms with van der Waals surface area (Å²) in [6.45, 7) is 5.96. The highest BCUT2D eigenvalue weighted by Crippen LogP contribution is 2.35. The van der Waals surface area contributed by atoms with Gasteiger partial charge in [-0.2, -0.15) is 0 Å². The van der Waals surface area contributed by atoms with Crippen LogP contribution < -0.4 is 20.7 Å². The predicted molar refractivity (Wildman–Crippen MR) is 127 cm³/mol. The summed E-state index contributed by atoms with van der Waals surface area (Å²) in [5.74, 6) is 6.45. The Morgan fingerprint density at radius 3 is 2.39 bits per heavy atom. The van der Waals surface area contributed by atoms with E-state index < -0.39 is 21.3 Å². The number of pyridine rings is 1. The predicted octanol–water partition coefficient (Wildman–Crippen LogP) is 2.00. The zero-order valence-corrected chi connectivity index (χ0v) is 19.7. The number of hydrogen-bond acceptors (Lipinski definition) is 6. The number of nitrogens with one attached hydrogen (secondary N) is 2. The van der Waals surface area contributed by atoms with Crippen molar-refractivity contribution in [2.75, 3.05) is 18.1 Å². The average Bonchev–Trinajstić information content (AvgIpc) is 2.71. The van der Waals surface area contributed by atoms with E-state index in [0.29, 0.717) is 28.4 Å². The van der Waals surface area contributed by atoms with Crippen LogP contribution in [0.2, 0.25) is 0 Å². The smallest absolute Gasteiger partial charge is 0.332 e. The van der Waals surface area contributed by atoms with Crippen LogP contribution in [-0.4, -0.2) is 36.3 Å². The molecule has 2 aromatic heterocycles. The van der Waals surface area contributed by atoms with E-state index in [4.69, 9.17) is 4.74 Å². The van der Waals surface area contributed by atoms with Crippen LogP contribution >= 0.6 is 0 Å². The van der Waals surface area contributed by atoms with Gasteiger partial charge in [0.2, 0.25) is 10.0 Å². The van der Waals surface area contributed by atoms with Crippen molar-refractivity contribution in [1.82, 2.24) is 14.5 Å². The Morgan fingerprint density at radius 1 is 1.12 bits per heavy atom. The molecule has 0 atom stereocenters. The minimum Gasteiger partial charge on any atom is -0.495 e. The highest BCUT2D eigenvalue weighted by atomic mass is 32.2. The van der Waals surface area contributed by atoms with E-state index in [2.05, 4.69) is 26.5 Å². The molecular formula is C23H24N4O5S. The van der Waals surface area contributed by atoms with Crippen LogP contribution in [0.25, 0.3) is 5.69 Å². The molecule has 10 heteroatoms. The van der Waals surface area contributed by atoms with Gasteiger partial charge < -0.3 is 9.72 Å². The van der Waals surface area contributed by atoms with Gasteiger partial charge in [-0.15, -0.1) is 0 Å². The Balaban J connectivity index is 2.16. The molecule has 0 aliphatic heterocycles. The fourth-order valence-electron chi connectivity index (χ4n) is 3.15. The molecule has 0 spiro atoms. The van der Waals surface area contributed by atoms with Gasteiger partial charge in [0, 0.05) is 17.8 Å². The normalized spacial score (nSPS) is 11.4. The molecule has 3 aromatic rings. The van der Waals surface area contributed by atoms with E-state index >= 15 is 0 Å². The number of aromatic nitrogens is 3. The van der Waals surface area contributed by atoms with Crippen LogP contribution in [0.3, 0.4) is 0 Å². The lowest BCUT2D eigenvalue weighted by Gasteiger charge is -2.24. The summed E-state index contributed by atoms with van der Waals surface area (Å²) in [4.78, 5) is 31.4. The highest BCUT2D eigenvalue weighted by molar-refractivity contribution is 7.92. The first-order chi connectivity index (χ1) is 15.4. The molecule has 0 fully saturated rings. The molecule has 0 unspecified atom stereocenters. The molecule has 33 heavy (non-hydrogen) atoms. The van der Waals surface area contributed by atoms with E-state index in [1.54, 1.807) is 24.3 Å². The van der Waals surface area contributed by atoms with E-state index in [-0.39, 0.29) is 5.41 Å². The van der Waals surface area contributed by atoms with Crippen molar-refractivity contribution in [2.24, 2.45) is 0 Å². The lowest BCUT2D eigenvalue weighted by atomic mass is 9.84. The Kier molecular flexibility index (Phi) is 6.46. The zero-order valence-electron chi connectivity index (χ0n) is 18.9. The van der Waals surface area contributed by atoms with Crippen molar-refractivity contribution >= 4 is 15.7 Å². The van der Waals surface area contributed by atoms with E-state index in [0.717, 1.165) is 16.4 Å². The van der Waals surface area contributed by atoms with Crippen molar-refractivity contribution in [3.05, 3.63) is 80.4 Å². The summed E-state index contributed by atoms with van der Waals surface area (Å²) >= 11 is 0. The van der Waals surface area contributed by atoms with Crippen LogP contribution in [0, 0.1) is 11.8 Å². The molecule has 1 aromatic carbocycles. The van der Waals surface area contributed by atoms with Gasteiger partial charge in [-0.1, -0.05) is 26.7 Å². The van der Waals surface area contributed by atoms with Gasteiger partial charge in [-0.05, 0) is 35.6 Å². The Morgan fingerprint density at radius 2 is 1.85 bits per heavy atom. The maximum Gasteiger partial charge on any atom is 0.332 e. The van der Waals surface area contributed by atoms with Crippen LogP contribution in [-0.2, 0) is 15.4 Å². The SMILES string of the molecule is COc1c(C#Cc2ccc(NS(C)(=O)=O)cn2)cc(-n2c(=O)cc[nH]c2=O)cc1C(C)(C)C. The lowest BCUT2D eigenvalue weighted by molar-refractivity contribution is 0.396.